The number of carbonyl (C=O) groups excluding carboxylic acids is 2. The molecule has 2 amide bonds. The van der Waals surface area contributed by atoms with Gasteiger partial charge in [-0.05, 0) is 55.0 Å². The maximum absolute atomic E-state index is 12.5. The van der Waals surface area contributed by atoms with Crippen LogP contribution in [0.25, 0.3) is 5.69 Å². The number of nitrogens with zero attached hydrogens (tertiary/aromatic N) is 3. The van der Waals surface area contributed by atoms with Gasteiger partial charge in [0.05, 0.1) is 18.0 Å². The van der Waals surface area contributed by atoms with E-state index in [0.717, 1.165) is 16.9 Å². The van der Waals surface area contributed by atoms with Crippen LogP contribution in [-0.2, 0) is 16.1 Å². The first-order valence-electron chi connectivity index (χ1n) is 11.1. The molecule has 0 unspecified atom stereocenters. The van der Waals surface area contributed by atoms with Crippen molar-refractivity contribution >= 4 is 40.9 Å². The van der Waals surface area contributed by atoms with Gasteiger partial charge >= 0.3 is 0 Å². The first-order valence-corrected chi connectivity index (χ1v) is 12.5. The van der Waals surface area contributed by atoms with Crippen LogP contribution in [0.5, 0.6) is 5.75 Å². The number of nitrogens with one attached hydrogen (secondary N) is 2. The third-order valence-corrected chi connectivity index (χ3v) is 6.12. The summed E-state index contributed by atoms with van der Waals surface area (Å²) in [6, 6.07) is 23.9. The highest BCUT2D eigenvalue weighted by atomic mass is 35.5. The average molecular weight is 522 g/mol. The van der Waals surface area contributed by atoms with Crippen molar-refractivity contribution < 1.29 is 14.3 Å². The molecule has 1 aromatic heterocycles. The summed E-state index contributed by atoms with van der Waals surface area (Å²) in [5, 5.41) is 15.2. The Balaban J connectivity index is 1.43. The number of hydrogen-bond donors (Lipinski definition) is 2. The topological polar surface area (TPSA) is 98.1 Å². The summed E-state index contributed by atoms with van der Waals surface area (Å²) in [5.41, 5.74) is 2.51. The van der Waals surface area contributed by atoms with Crippen LogP contribution in [-0.4, -0.2) is 38.9 Å². The van der Waals surface area contributed by atoms with Crippen LogP contribution >= 0.6 is 23.4 Å². The van der Waals surface area contributed by atoms with Gasteiger partial charge in [-0.2, -0.15) is 0 Å². The first-order chi connectivity index (χ1) is 17.5. The Morgan fingerprint density at radius 3 is 2.56 bits per heavy atom. The van der Waals surface area contributed by atoms with Gasteiger partial charge in [-0.15, -0.1) is 10.2 Å². The van der Waals surface area contributed by atoms with Gasteiger partial charge in [0.1, 0.15) is 5.75 Å². The fourth-order valence-corrected chi connectivity index (χ4v) is 4.28. The molecule has 0 saturated heterocycles. The van der Waals surface area contributed by atoms with E-state index in [1.54, 1.807) is 28.8 Å². The Morgan fingerprint density at radius 1 is 0.972 bits per heavy atom. The largest absolute Gasteiger partial charge is 0.484 e. The van der Waals surface area contributed by atoms with Crippen molar-refractivity contribution in [2.75, 3.05) is 17.7 Å². The van der Waals surface area contributed by atoms with Gasteiger partial charge in [-0.25, -0.2) is 0 Å². The van der Waals surface area contributed by atoms with Crippen LogP contribution in [0.15, 0.2) is 84.0 Å². The molecule has 36 heavy (non-hydrogen) atoms. The molecule has 0 radical (unpaired) electrons. The highest BCUT2D eigenvalue weighted by Crippen LogP contribution is 2.24. The summed E-state index contributed by atoms with van der Waals surface area (Å²) in [5.74, 6) is 0.763. The molecule has 0 atom stereocenters. The highest BCUT2D eigenvalue weighted by Gasteiger charge is 2.17. The second kappa shape index (κ2) is 12.2. The number of aromatic nitrogens is 3. The van der Waals surface area contributed by atoms with E-state index in [-0.39, 0.29) is 30.7 Å². The highest BCUT2D eigenvalue weighted by molar-refractivity contribution is 7.99. The van der Waals surface area contributed by atoms with Gasteiger partial charge in [0.2, 0.25) is 5.91 Å². The molecule has 0 spiro atoms. The predicted octanol–water partition coefficient (Wildman–Crippen LogP) is 4.66. The van der Waals surface area contributed by atoms with E-state index >= 15 is 0 Å². The summed E-state index contributed by atoms with van der Waals surface area (Å²) in [6.45, 7) is 1.95. The summed E-state index contributed by atoms with van der Waals surface area (Å²) < 4.78 is 7.26. The number of aryl methyl sites for hydroxylation is 1. The molecule has 0 saturated carbocycles. The van der Waals surface area contributed by atoms with Gasteiger partial charge < -0.3 is 15.4 Å². The van der Waals surface area contributed by atoms with E-state index in [1.807, 2.05) is 61.5 Å². The monoisotopic (exact) mass is 521 g/mol. The van der Waals surface area contributed by atoms with Gasteiger partial charge in [0.25, 0.3) is 5.91 Å². The Morgan fingerprint density at radius 2 is 1.78 bits per heavy atom. The molecular weight excluding hydrogens is 498 g/mol. The number of halogens is 1. The number of rotatable bonds is 10. The van der Waals surface area contributed by atoms with Crippen LogP contribution in [0, 0.1) is 6.92 Å². The summed E-state index contributed by atoms with van der Waals surface area (Å²) >= 11 is 7.45. The van der Waals surface area contributed by atoms with E-state index in [1.165, 1.54) is 11.8 Å². The van der Waals surface area contributed by atoms with Crippen molar-refractivity contribution in [3.8, 4) is 11.4 Å². The number of amides is 2. The van der Waals surface area contributed by atoms with Gasteiger partial charge in [-0.1, -0.05) is 59.8 Å². The Bertz CT molecular complexity index is 1350. The van der Waals surface area contributed by atoms with Crippen molar-refractivity contribution in [2.24, 2.45) is 0 Å². The SMILES string of the molecule is Cc1cccc(NC(=O)CSc2nnc(CNC(=O)COc3ccccc3)n2-c2cccc(Cl)c2)c1. The van der Waals surface area contributed by atoms with E-state index in [9.17, 15) is 9.59 Å². The zero-order valence-corrected chi connectivity index (χ0v) is 21.1. The standard InChI is InChI=1S/C26H24ClN5O3S/c1-18-7-5-9-20(13-18)29-25(34)17-36-26-31-30-23(32(26)21-10-6-8-19(27)14-21)15-28-24(33)16-35-22-11-3-2-4-12-22/h2-14H,15-17H2,1H3,(H,28,33)(H,29,34). The number of thioether (sulfide) groups is 1. The molecule has 4 rings (SSSR count). The average Bonchev–Trinajstić information content (AvgIpc) is 3.28. The Labute approximate surface area is 218 Å². The van der Waals surface area contributed by atoms with E-state index in [2.05, 4.69) is 20.8 Å². The number of anilines is 1. The molecule has 10 heteroatoms. The fourth-order valence-electron chi connectivity index (χ4n) is 3.33. The zero-order valence-electron chi connectivity index (χ0n) is 19.5. The number of hydrogen-bond acceptors (Lipinski definition) is 6. The number of benzene rings is 3. The number of carbonyl (C=O) groups is 2. The molecule has 0 fully saturated rings. The lowest BCUT2D eigenvalue weighted by Gasteiger charge is -2.12. The van der Waals surface area contributed by atoms with Crippen molar-refractivity contribution in [2.45, 2.75) is 18.6 Å². The van der Waals surface area contributed by atoms with Crippen LogP contribution in [0.4, 0.5) is 5.69 Å². The molecule has 0 bridgehead atoms. The maximum atomic E-state index is 12.5. The summed E-state index contributed by atoms with van der Waals surface area (Å²) in [4.78, 5) is 24.9. The summed E-state index contributed by atoms with van der Waals surface area (Å²) in [6.07, 6.45) is 0. The molecule has 0 aliphatic carbocycles. The molecule has 8 nitrogen and oxygen atoms in total. The van der Waals surface area contributed by atoms with Crippen molar-refractivity contribution in [1.29, 1.82) is 0 Å². The molecule has 1 heterocycles. The quantitative estimate of drug-likeness (QED) is 0.295. The van der Waals surface area contributed by atoms with Crippen LogP contribution in [0.3, 0.4) is 0 Å². The lowest BCUT2D eigenvalue weighted by molar-refractivity contribution is -0.123. The second-order valence-corrected chi connectivity index (χ2v) is 9.18. The number of ether oxygens (including phenoxy) is 1. The smallest absolute Gasteiger partial charge is 0.258 e. The third kappa shape index (κ3) is 7.10. The zero-order chi connectivity index (χ0) is 25.3. The van der Waals surface area contributed by atoms with E-state index < -0.39 is 0 Å². The molecule has 2 N–H and O–H groups in total. The molecule has 184 valence electrons. The minimum Gasteiger partial charge on any atom is -0.484 e. The fraction of sp³-hybridized carbons (Fsp3) is 0.154. The molecular formula is C26H24ClN5O3S. The van der Waals surface area contributed by atoms with Gasteiger partial charge in [0.15, 0.2) is 17.6 Å². The maximum Gasteiger partial charge on any atom is 0.258 e. The van der Waals surface area contributed by atoms with Crippen LogP contribution in [0.2, 0.25) is 5.02 Å². The minimum atomic E-state index is -0.300. The summed E-state index contributed by atoms with van der Waals surface area (Å²) in [7, 11) is 0. The van der Waals surface area contributed by atoms with E-state index in [0.29, 0.717) is 21.8 Å². The minimum absolute atomic E-state index is 0.118. The molecule has 4 aromatic rings. The molecule has 0 aliphatic heterocycles. The van der Waals surface area contributed by atoms with Gasteiger partial charge in [-0.3, -0.25) is 14.2 Å². The lowest BCUT2D eigenvalue weighted by Crippen LogP contribution is -2.29. The van der Waals surface area contributed by atoms with Crippen LogP contribution < -0.4 is 15.4 Å². The van der Waals surface area contributed by atoms with Crippen molar-refractivity contribution in [3.05, 3.63) is 95.3 Å². The van der Waals surface area contributed by atoms with Crippen LogP contribution in [0.1, 0.15) is 11.4 Å². The second-order valence-electron chi connectivity index (χ2n) is 7.80. The first kappa shape index (κ1) is 25.3. The Hall–Kier alpha value is -3.82. The van der Waals surface area contributed by atoms with Gasteiger partial charge in [0, 0.05) is 10.7 Å². The van der Waals surface area contributed by atoms with E-state index in [4.69, 9.17) is 16.3 Å². The molecule has 3 aromatic carbocycles. The predicted molar refractivity (Wildman–Crippen MR) is 141 cm³/mol. The molecule has 0 aliphatic rings. The Kier molecular flexibility index (Phi) is 8.59. The normalized spacial score (nSPS) is 10.6. The lowest BCUT2D eigenvalue weighted by atomic mass is 10.2. The number of para-hydroxylation sites is 1. The van der Waals surface area contributed by atoms with Crippen molar-refractivity contribution in [3.63, 3.8) is 0 Å². The van der Waals surface area contributed by atoms with Crippen molar-refractivity contribution in [1.82, 2.24) is 20.1 Å². The third-order valence-electron chi connectivity index (χ3n) is 4.96.